The molecule has 0 saturated heterocycles. The highest BCUT2D eigenvalue weighted by Gasteiger charge is 2.02. The molecular formula is C10H15NOS. The van der Waals surface area contributed by atoms with Gasteiger partial charge in [0, 0.05) is 17.2 Å². The van der Waals surface area contributed by atoms with Gasteiger partial charge in [0.15, 0.2) is 0 Å². The van der Waals surface area contributed by atoms with E-state index in [1.54, 1.807) is 18.0 Å². The fraction of sp³-hybridized carbons (Fsp3) is 0.400. The van der Waals surface area contributed by atoms with Crippen molar-refractivity contribution < 1.29 is 4.42 Å². The van der Waals surface area contributed by atoms with E-state index < -0.39 is 0 Å². The van der Waals surface area contributed by atoms with Crippen molar-refractivity contribution in [3.05, 3.63) is 30.2 Å². The summed E-state index contributed by atoms with van der Waals surface area (Å²) in [5, 5.41) is 3.08. The Balaban J connectivity index is 2.35. The lowest BCUT2D eigenvalue weighted by molar-refractivity contribution is 0.527. The number of furan rings is 1. The smallest absolute Gasteiger partial charge is 0.114 e. The summed E-state index contributed by atoms with van der Waals surface area (Å²) < 4.78 is 5.19. The van der Waals surface area contributed by atoms with Gasteiger partial charge in [-0.15, -0.1) is 11.8 Å². The maximum Gasteiger partial charge on any atom is 0.114 e. The Morgan fingerprint density at radius 2 is 2.46 bits per heavy atom. The first-order chi connectivity index (χ1) is 6.24. The molecule has 0 unspecified atom stereocenters. The van der Waals surface area contributed by atoms with Crippen LogP contribution in [0.4, 0.5) is 0 Å². The van der Waals surface area contributed by atoms with E-state index in [1.807, 2.05) is 20.0 Å². The van der Waals surface area contributed by atoms with Crippen molar-refractivity contribution in [3.63, 3.8) is 0 Å². The molecule has 1 rings (SSSR count). The molecule has 1 aromatic heterocycles. The summed E-state index contributed by atoms with van der Waals surface area (Å²) in [4.78, 5) is 1.21. The molecule has 0 radical (unpaired) electrons. The van der Waals surface area contributed by atoms with Crippen molar-refractivity contribution in [1.82, 2.24) is 5.32 Å². The average molecular weight is 197 g/mol. The van der Waals surface area contributed by atoms with E-state index in [0.717, 1.165) is 18.1 Å². The summed E-state index contributed by atoms with van der Waals surface area (Å²) in [5.41, 5.74) is 1.20. The zero-order valence-electron chi connectivity index (χ0n) is 8.09. The van der Waals surface area contributed by atoms with Crippen molar-refractivity contribution in [2.45, 2.75) is 11.8 Å². The molecule has 0 bridgehead atoms. The topological polar surface area (TPSA) is 25.2 Å². The van der Waals surface area contributed by atoms with Crippen LogP contribution in [-0.4, -0.2) is 19.3 Å². The first-order valence-corrected chi connectivity index (χ1v) is 5.20. The van der Waals surface area contributed by atoms with Crippen LogP contribution in [-0.2, 0) is 0 Å². The van der Waals surface area contributed by atoms with Gasteiger partial charge in [0.25, 0.3) is 0 Å². The summed E-state index contributed by atoms with van der Waals surface area (Å²) in [6, 6.07) is 1.99. The van der Waals surface area contributed by atoms with Gasteiger partial charge in [-0.05, 0) is 20.0 Å². The van der Waals surface area contributed by atoms with Crippen LogP contribution in [0.15, 0.2) is 33.8 Å². The van der Waals surface area contributed by atoms with Crippen molar-refractivity contribution in [3.8, 4) is 0 Å². The van der Waals surface area contributed by atoms with Gasteiger partial charge < -0.3 is 9.73 Å². The molecule has 0 spiro atoms. The van der Waals surface area contributed by atoms with E-state index in [4.69, 9.17) is 4.42 Å². The fourth-order valence-corrected chi connectivity index (χ4v) is 1.87. The largest absolute Gasteiger partial charge is 0.468 e. The first-order valence-electron chi connectivity index (χ1n) is 4.22. The van der Waals surface area contributed by atoms with E-state index in [1.165, 1.54) is 10.5 Å². The molecule has 0 aromatic carbocycles. The number of rotatable bonds is 5. The van der Waals surface area contributed by atoms with E-state index >= 15 is 0 Å². The molecule has 0 fully saturated rings. The lowest BCUT2D eigenvalue weighted by Crippen LogP contribution is -2.10. The van der Waals surface area contributed by atoms with Crippen molar-refractivity contribution in [1.29, 1.82) is 0 Å². The van der Waals surface area contributed by atoms with Crippen molar-refractivity contribution in [2.75, 3.05) is 19.3 Å². The van der Waals surface area contributed by atoms with Crippen LogP contribution in [0.3, 0.4) is 0 Å². The predicted molar refractivity (Wildman–Crippen MR) is 57.2 cm³/mol. The van der Waals surface area contributed by atoms with Gasteiger partial charge in [0.2, 0.25) is 0 Å². The molecule has 3 heteroatoms. The molecular weight excluding hydrogens is 182 g/mol. The van der Waals surface area contributed by atoms with Gasteiger partial charge in [0.05, 0.1) is 6.26 Å². The number of hydrogen-bond donors (Lipinski definition) is 1. The lowest BCUT2D eigenvalue weighted by Gasteiger charge is -2.03. The monoisotopic (exact) mass is 197 g/mol. The molecule has 72 valence electrons. The summed E-state index contributed by atoms with van der Waals surface area (Å²) in [6.07, 6.45) is 1.72. The predicted octanol–water partition coefficient (Wildman–Crippen LogP) is 2.46. The number of hydrogen-bond acceptors (Lipinski definition) is 3. The standard InChI is InChI=1S/C10H15NOS/c1-8(6-11-3)7-13-10-4-5-12-9(10)2/h4-5,11H,1,6-7H2,2-3H3. The van der Waals surface area contributed by atoms with Crippen LogP contribution in [0.5, 0.6) is 0 Å². The highest BCUT2D eigenvalue weighted by Crippen LogP contribution is 2.24. The molecule has 1 heterocycles. The molecule has 0 amide bonds. The van der Waals surface area contributed by atoms with Crippen LogP contribution in [0, 0.1) is 6.92 Å². The minimum Gasteiger partial charge on any atom is -0.468 e. The second kappa shape index (κ2) is 5.14. The Kier molecular flexibility index (Phi) is 4.12. The second-order valence-corrected chi connectivity index (χ2v) is 3.93. The molecule has 0 aliphatic heterocycles. The Labute approximate surface area is 83.4 Å². The van der Waals surface area contributed by atoms with Gasteiger partial charge in [-0.1, -0.05) is 12.2 Å². The minimum absolute atomic E-state index is 0.879. The third-order valence-corrected chi connectivity index (χ3v) is 2.96. The van der Waals surface area contributed by atoms with Crippen LogP contribution in [0.2, 0.25) is 0 Å². The lowest BCUT2D eigenvalue weighted by atomic mass is 10.3. The van der Waals surface area contributed by atoms with E-state index in [9.17, 15) is 0 Å². The minimum atomic E-state index is 0.879. The van der Waals surface area contributed by atoms with Crippen molar-refractivity contribution in [2.24, 2.45) is 0 Å². The van der Waals surface area contributed by atoms with Crippen LogP contribution in [0.1, 0.15) is 5.76 Å². The van der Waals surface area contributed by atoms with Gasteiger partial charge in [-0.2, -0.15) is 0 Å². The highest BCUT2D eigenvalue weighted by atomic mass is 32.2. The van der Waals surface area contributed by atoms with E-state index in [0.29, 0.717) is 0 Å². The third-order valence-electron chi connectivity index (χ3n) is 1.67. The van der Waals surface area contributed by atoms with Gasteiger partial charge in [0.1, 0.15) is 5.76 Å². The molecule has 0 atom stereocenters. The molecule has 13 heavy (non-hydrogen) atoms. The summed E-state index contributed by atoms with van der Waals surface area (Å²) >= 11 is 1.77. The Hall–Kier alpha value is -0.670. The summed E-state index contributed by atoms with van der Waals surface area (Å²) in [5.74, 6) is 1.93. The zero-order valence-corrected chi connectivity index (χ0v) is 8.91. The van der Waals surface area contributed by atoms with Crippen LogP contribution < -0.4 is 5.32 Å². The molecule has 1 N–H and O–H groups in total. The molecule has 0 aliphatic rings. The van der Waals surface area contributed by atoms with Crippen molar-refractivity contribution >= 4 is 11.8 Å². The number of likely N-dealkylation sites (N-methyl/N-ethyl adjacent to an activating group) is 1. The maximum atomic E-state index is 5.19. The van der Waals surface area contributed by atoms with E-state index in [2.05, 4.69) is 11.9 Å². The first kappa shape index (κ1) is 10.4. The summed E-state index contributed by atoms with van der Waals surface area (Å²) in [6.45, 7) is 6.81. The normalized spacial score (nSPS) is 10.3. The maximum absolute atomic E-state index is 5.19. The number of aryl methyl sites for hydroxylation is 1. The molecule has 1 aromatic rings. The SMILES string of the molecule is C=C(CNC)CSc1ccoc1C. The Morgan fingerprint density at radius 3 is 3.00 bits per heavy atom. The zero-order chi connectivity index (χ0) is 9.68. The molecule has 0 saturated carbocycles. The van der Waals surface area contributed by atoms with Gasteiger partial charge in [-0.3, -0.25) is 0 Å². The summed E-state index contributed by atoms with van der Waals surface area (Å²) in [7, 11) is 1.93. The average Bonchev–Trinajstić information content (AvgIpc) is 2.48. The van der Waals surface area contributed by atoms with Crippen LogP contribution in [0.25, 0.3) is 0 Å². The molecule has 0 aliphatic carbocycles. The van der Waals surface area contributed by atoms with Gasteiger partial charge >= 0.3 is 0 Å². The third kappa shape index (κ3) is 3.28. The Morgan fingerprint density at radius 1 is 1.69 bits per heavy atom. The van der Waals surface area contributed by atoms with Gasteiger partial charge in [-0.25, -0.2) is 0 Å². The van der Waals surface area contributed by atoms with E-state index in [-0.39, 0.29) is 0 Å². The quantitative estimate of drug-likeness (QED) is 0.580. The fourth-order valence-electron chi connectivity index (χ4n) is 1.00. The Bertz CT molecular complexity index is 280. The second-order valence-electron chi connectivity index (χ2n) is 2.91. The highest BCUT2D eigenvalue weighted by molar-refractivity contribution is 7.99. The number of nitrogens with one attached hydrogen (secondary N) is 1. The molecule has 2 nitrogen and oxygen atoms in total. The van der Waals surface area contributed by atoms with Crippen LogP contribution >= 0.6 is 11.8 Å². The number of thioether (sulfide) groups is 1.